The van der Waals surface area contributed by atoms with Crippen molar-refractivity contribution in [1.29, 1.82) is 0 Å². The van der Waals surface area contributed by atoms with E-state index in [-0.39, 0.29) is 11.2 Å². The van der Waals surface area contributed by atoms with Gasteiger partial charge in [-0.25, -0.2) is 0 Å². The minimum Gasteiger partial charge on any atom is -0.348 e. The summed E-state index contributed by atoms with van der Waals surface area (Å²) in [6.45, 7) is 3.92. The monoisotopic (exact) mass is 322 g/mol. The van der Waals surface area contributed by atoms with Gasteiger partial charge in [0.25, 0.3) is 0 Å². The number of hydrogen-bond donors (Lipinski definition) is 1. The van der Waals surface area contributed by atoms with Gasteiger partial charge >= 0.3 is 0 Å². The lowest BCUT2D eigenvalue weighted by Crippen LogP contribution is -2.29. The molecule has 0 unspecified atom stereocenters. The first-order valence-electron chi connectivity index (χ1n) is 6.51. The molecule has 1 atom stereocenters. The molecule has 0 radical (unpaired) electrons. The average Bonchev–Trinajstić information content (AvgIpc) is 2.87. The first kappa shape index (κ1) is 15.8. The van der Waals surface area contributed by atoms with Crippen molar-refractivity contribution in [3.05, 3.63) is 29.8 Å². The van der Waals surface area contributed by atoms with Crippen LogP contribution in [0.3, 0.4) is 0 Å². The third-order valence-electron chi connectivity index (χ3n) is 2.86. The number of carbonyl (C=O) groups is 1. The van der Waals surface area contributed by atoms with Gasteiger partial charge in [0.05, 0.1) is 5.25 Å². The van der Waals surface area contributed by atoms with Gasteiger partial charge in [-0.05, 0) is 25.5 Å². The lowest BCUT2D eigenvalue weighted by Gasteiger charge is -2.14. The lowest BCUT2D eigenvalue weighted by atomic mass is 10.2. The lowest BCUT2D eigenvalue weighted by molar-refractivity contribution is -0.127. The summed E-state index contributed by atoms with van der Waals surface area (Å²) < 4.78 is 0.786. The van der Waals surface area contributed by atoms with Crippen LogP contribution in [0, 0.1) is 6.92 Å². The van der Waals surface area contributed by atoms with Crippen LogP contribution < -0.4 is 5.32 Å². The molecule has 1 heterocycles. The molecule has 2 rings (SSSR count). The van der Waals surface area contributed by atoms with Crippen LogP contribution in [0.25, 0.3) is 0 Å². The van der Waals surface area contributed by atoms with Gasteiger partial charge in [-0.15, -0.1) is 10.2 Å². The van der Waals surface area contributed by atoms with E-state index in [4.69, 9.17) is 0 Å². The number of hydrogen-bond acceptors (Lipinski definition) is 6. The molecule has 21 heavy (non-hydrogen) atoms. The van der Waals surface area contributed by atoms with Crippen molar-refractivity contribution in [2.75, 3.05) is 19.4 Å². The summed E-state index contributed by atoms with van der Waals surface area (Å²) in [5, 5.41) is 12.1. The van der Waals surface area contributed by atoms with E-state index < -0.39 is 0 Å². The van der Waals surface area contributed by atoms with Crippen LogP contribution >= 0.6 is 23.1 Å². The number of thioether (sulfide) groups is 1. The number of nitrogens with one attached hydrogen (secondary N) is 1. The topological polar surface area (TPSA) is 58.1 Å². The van der Waals surface area contributed by atoms with E-state index in [9.17, 15) is 4.79 Å². The number of aromatic nitrogens is 2. The number of para-hydroxylation sites is 1. The van der Waals surface area contributed by atoms with Crippen LogP contribution in [0.1, 0.15) is 12.5 Å². The zero-order chi connectivity index (χ0) is 15.4. The molecule has 0 bridgehead atoms. The molecule has 1 aromatic carbocycles. The fourth-order valence-electron chi connectivity index (χ4n) is 1.70. The number of anilines is 2. The summed E-state index contributed by atoms with van der Waals surface area (Å²) in [5.74, 6) is 0.0728. The molecule has 7 heteroatoms. The molecule has 0 saturated carbocycles. The van der Waals surface area contributed by atoms with E-state index in [0.717, 1.165) is 20.7 Å². The summed E-state index contributed by atoms with van der Waals surface area (Å²) in [4.78, 5) is 13.4. The van der Waals surface area contributed by atoms with Gasteiger partial charge in [0.15, 0.2) is 4.34 Å². The highest BCUT2D eigenvalue weighted by Gasteiger charge is 2.18. The van der Waals surface area contributed by atoms with E-state index in [0.29, 0.717) is 0 Å². The molecule has 0 aliphatic rings. The van der Waals surface area contributed by atoms with Crippen molar-refractivity contribution < 1.29 is 4.79 Å². The zero-order valence-electron chi connectivity index (χ0n) is 12.5. The SMILES string of the molecule is Cc1ccccc1Nc1nnc(S[C@@H](C)C(=O)N(C)C)s1. The van der Waals surface area contributed by atoms with Gasteiger partial charge < -0.3 is 10.2 Å². The average molecular weight is 322 g/mol. The Balaban J connectivity index is 2.02. The standard InChI is InChI=1S/C14H18N4OS2/c1-9-7-5-6-8-11(9)15-13-16-17-14(21-13)20-10(2)12(19)18(3)4/h5-8,10H,1-4H3,(H,15,16)/t10-/m0/s1. The smallest absolute Gasteiger partial charge is 0.235 e. The number of carbonyl (C=O) groups excluding carboxylic acids is 1. The molecule has 5 nitrogen and oxygen atoms in total. The van der Waals surface area contributed by atoms with Crippen molar-refractivity contribution >= 4 is 39.8 Å². The van der Waals surface area contributed by atoms with Crippen molar-refractivity contribution in [2.24, 2.45) is 0 Å². The van der Waals surface area contributed by atoms with Crippen LogP contribution in [0.5, 0.6) is 0 Å². The van der Waals surface area contributed by atoms with Gasteiger partial charge in [-0.3, -0.25) is 4.79 Å². The van der Waals surface area contributed by atoms with Crippen LogP contribution in [0.4, 0.5) is 10.8 Å². The Labute approximate surface area is 132 Å². The number of benzene rings is 1. The van der Waals surface area contributed by atoms with Crippen molar-refractivity contribution in [2.45, 2.75) is 23.4 Å². The molecular formula is C14H18N4OS2. The third kappa shape index (κ3) is 4.18. The maximum absolute atomic E-state index is 11.8. The van der Waals surface area contributed by atoms with Crippen LogP contribution in [-0.2, 0) is 4.79 Å². The quantitative estimate of drug-likeness (QED) is 0.857. The molecule has 1 amide bonds. The molecule has 112 valence electrons. The predicted octanol–water partition coefficient (Wildman–Crippen LogP) is 3.16. The van der Waals surface area contributed by atoms with E-state index in [1.807, 2.05) is 38.1 Å². The number of amides is 1. The van der Waals surface area contributed by atoms with Crippen molar-refractivity contribution in [1.82, 2.24) is 15.1 Å². The van der Waals surface area contributed by atoms with Gasteiger partial charge in [-0.2, -0.15) is 0 Å². The van der Waals surface area contributed by atoms with Gasteiger partial charge in [0.1, 0.15) is 0 Å². The molecular weight excluding hydrogens is 304 g/mol. The fraction of sp³-hybridized carbons (Fsp3) is 0.357. The summed E-state index contributed by atoms with van der Waals surface area (Å²) in [6, 6.07) is 8.01. The number of nitrogens with zero attached hydrogens (tertiary/aromatic N) is 3. The minimum atomic E-state index is -0.167. The molecule has 0 spiro atoms. The Morgan fingerprint density at radius 1 is 1.33 bits per heavy atom. The Morgan fingerprint density at radius 3 is 2.71 bits per heavy atom. The molecule has 0 aliphatic carbocycles. The molecule has 1 aromatic heterocycles. The maximum atomic E-state index is 11.8. The number of aryl methyl sites for hydroxylation is 1. The second-order valence-corrected chi connectivity index (χ2v) is 7.37. The van der Waals surface area contributed by atoms with Gasteiger partial charge in [0, 0.05) is 19.8 Å². The predicted molar refractivity (Wildman–Crippen MR) is 88.4 cm³/mol. The molecule has 1 N–H and O–H groups in total. The second-order valence-electron chi connectivity index (χ2n) is 4.81. The largest absolute Gasteiger partial charge is 0.348 e. The molecule has 0 fully saturated rings. The van der Waals surface area contributed by atoms with E-state index >= 15 is 0 Å². The minimum absolute atomic E-state index is 0.0728. The van der Waals surface area contributed by atoms with Crippen LogP contribution in [-0.4, -0.2) is 40.3 Å². The van der Waals surface area contributed by atoms with E-state index in [2.05, 4.69) is 15.5 Å². The van der Waals surface area contributed by atoms with Gasteiger partial charge in [0.2, 0.25) is 11.0 Å². The highest BCUT2D eigenvalue weighted by Crippen LogP contribution is 2.31. The second kappa shape index (κ2) is 6.91. The zero-order valence-corrected chi connectivity index (χ0v) is 14.1. The van der Waals surface area contributed by atoms with Crippen molar-refractivity contribution in [3.63, 3.8) is 0 Å². The molecule has 2 aromatic rings. The molecule has 0 saturated heterocycles. The summed E-state index contributed by atoms with van der Waals surface area (Å²) >= 11 is 2.88. The first-order chi connectivity index (χ1) is 9.97. The summed E-state index contributed by atoms with van der Waals surface area (Å²) in [6.07, 6.45) is 0. The third-order valence-corrected chi connectivity index (χ3v) is 4.87. The highest BCUT2D eigenvalue weighted by molar-refractivity contribution is 8.02. The van der Waals surface area contributed by atoms with Crippen molar-refractivity contribution in [3.8, 4) is 0 Å². The maximum Gasteiger partial charge on any atom is 0.235 e. The summed E-state index contributed by atoms with van der Waals surface area (Å²) in [7, 11) is 3.51. The Bertz CT molecular complexity index is 627. The van der Waals surface area contributed by atoms with Crippen LogP contribution in [0.15, 0.2) is 28.6 Å². The Hall–Kier alpha value is -1.60. The summed E-state index contributed by atoms with van der Waals surface area (Å²) in [5.41, 5.74) is 2.17. The Morgan fingerprint density at radius 2 is 2.05 bits per heavy atom. The fourth-order valence-corrected chi connectivity index (χ4v) is 3.76. The normalized spacial score (nSPS) is 12.0. The Kier molecular flexibility index (Phi) is 5.19. The number of rotatable bonds is 5. The van der Waals surface area contributed by atoms with E-state index in [1.165, 1.54) is 23.1 Å². The van der Waals surface area contributed by atoms with E-state index in [1.54, 1.807) is 19.0 Å². The van der Waals surface area contributed by atoms with Crippen LogP contribution in [0.2, 0.25) is 0 Å². The molecule has 0 aliphatic heterocycles. The first-order valence-corrected chi connectivity index (χ1v) is 8.21. The highest BCUT2D eigenvalue weighted by atomic mass is 32.2. The van der Waals surface area contributed by atoms with Gasteiger partial charge in [-0.1, -0.05) is 41.3 Å².